The van der Waals surface area contributed by atoms with Crippen molar-refractivity contribution >= 4 is 15.8 Å². The van der Waals surface area contributed by atoms with Gasteiger partial charge in [0.1, 0.15) is 10.7 Å². The molecule has 0 N–H and O–H groups in total. The van der Waals surface area contributed by atoms with Crippen molar-refractivity contribution in [1.82, 2.24) is 0 Å². The highest BCUT2D eigenvalue weighted by Crippen LogP contribution is 2.24. The molecule has 0 spiro atoms. The lowest BCUT2D eigenvalue weighted by Gasteiger charge is -2.14. The van der Waals surface area contributed by atoms with Gasteiger partial charge < -0.3 is 4.74 Å². The lowest BCUT2D eigenvalue weighted by molar-refractivity contribution is 0.284. The Kier molecular flexibility index (Phi) is 12.5. The maximum absolute atomic E-state index is 12.9. The Morgan fingerprint density at radius 2 is 1.62 bits per heavy atom. The molecule has 1 aromatic carbocycles. The highest BCUT2D eigenvalue weighted by Gasteiger charge is 2.22. The summed E-state index contributed by atoms with van der Waals surface area (Å²) in [6, 6.07) is 9.01. The molecule has 0 heterocycles. The number of methoxy groups -OCH3 is 1. The van der Waals surface area contributed by atoms with E-state index in [0.29, 0.717) is 23.5 Å². The molecule has 6 nitrogen and oxygen atoms in total. The monoisotopic (exact) mass is 486 g/mol. The van der Waals surface area contributed by atoms with Gasteiger partial charge in [0, 0.05) is 0 Å². The summed E-state index contributed by atoms with van der Waals surface area (Å²) < 4.78 is 36.2. The zero-order valence-corrected chi connectivity index (χ0v) is 21.4. The molecular formula is C27H38N2O4S. The van der Waals surface area contributed by atoms with Crippen LogP contribution in [0.5, 0.6) is 0 Å². The topological polar surface area (TPSA) is 88.8 Å². The normalized spacial score (nSPS) is 14.9. The summed E-state index contributed by atoms with van der Waals surface area (Å²) in [6.45, 7) is 2.24. The first kappa shape index (κ1) is 27.7. The molecule has 7 heteroatoms. The second kappa shape index (κ2) is 15.3. The van der Waals surface area contributed by atoms with Gasteiger partial charge in [0.25, 0.3) is 0 Å². The van der Waals surface area contributed by atoms with E-state index in [-0.39, 0.29) is 17.7 Å². The molecule has 0 radical (unpaired) electrons. The first-order valence-corrected chi connectivity index (χ1v) is 13.8. The Labute approximate surface area is 205 Å². The van der Waals surface area contributed by atoms with Crippen LogP contribution in [0.3, 0.4) is 0 Å². The van der Waals surface area contributed by atoms with E-state index in [1.165, 1.54) is 58.5 Å². The number of aryl methyl sites for hydroxylation is 1. The SMILES string of the molecule is CCCCCCCCCCCCc1ccccc1S(=O)(=O)ON=C1CC(OC)=CC=C1CC#N. The molecule has 0 unspecified atom stereocenters. The predicted octanol–water partition coefficient (Wildman–Crippen LogP) is 6.99. The Balaban J connectivity index is 1.91. The van der Waals surface area contributed by atoms with Crippen LogP contribution in [0.2, 0.25) is 0 Å². The second-order valence-electron chi connectivity index (χ2n) is 8.65. The molecule has 34 heavy (non-hydrogen) atoms. The minimum atomic E-state index is -4.07. The Morgan fingerprint density at radius 3 is 2.26 bits per heavy atom. The highest BCUT2D eigenvalue weighted by molar-refractivity contribution is 7.86. The maximum atomic E-state index is 12.9. The predicted molar refractivity (Wildman–Crippen MR) is 136 cm³/mol. The fourth-order valence-corrected chi connectivity index (χ4v) is 5.00. The molecule has 1 aromatic rings. The van der Waals surface area contributed by atoms with Crippen molar-refractivity contribution < 1.29 is 17.4 Å². The molecule has 0 aromatic heterocycles. The van der Waals surface area contributed by atoms with Gasteiger partial charge in [0.05, 0.1) is 31.7 Å². The second-order valence-corrected chi connectivity index (χ2v) is 10.1. The Morgan fingerprint density at radius 1 is 0.971 bits per heavy atom. The molecule has 0 atom stereocenters. The van der Waals surface area contributed by atoms with Crippen LogP contribution in [0.1, 0.15) is 89.5 Å². The summed E-state index contributed by atoms with van der Waals surface area (Å²) in [5, 5.41) is 13.0. The summed E-state index contributed by atoms with van der Waals surface area (Å²) in [4.78, 5) is 0.152. The summed E-state index contributed by atoms with van der Waals surface area (Å²) in [5.41, 5.74) is 1.75. The number of ether oxygens (including phenoxy) is 1. The maximum Gasteiger partial charge on any atom is 0.358 e. The highest BCUT2D eigenvalue weighted by atomic mass is 32.2. The van der Waals surface area contributed by atoms with Crippen molar-refractivity contribution in [3.8, 4) is 6.07 Å². The van der Waals surface area contributed by atoms with Gasteiger partial charge in [-0.25, -0.2) is 0 Å². The molecular weight excluding hydrogens is 448 g/mol. The van der Waals surface area contributed by atoms with E-state index in [2.05, 4.69) is 18.1 Å². The number of unbranched alkanes of at least 4 members (excludes halogenated alkanes) is 9. The third-order valence-electron chi connectivity index (χ3n) is 6.00. The van der Waals surface area contributed by atoms with Gasteiger partial charge in [0.15, 0.2) is 0 Å². The van der Waals surface area contributed by atoms with E-state index >= 15 is 0 Å². The van der Waals surface area contributed by atoms with Gasteiger partial charge >= 0.3 is 10.1 Å². The minimum Gasteiger partial charge on any atom is -0.501 e. The van der Waals surface area contributed by atoms with Gasteiger partial charge in [-0.15, -0.1) is 0 Å². The van der Waals surface area contributed by atoms with Gasteiger partial charge in [0.2, 0.25) is 0 Å². The third kappa shape index (κ3) is 9.34. The van der Waals surface area contributed by atoms with E-state index < -0.39 is 10.1 Å². The zero-order chi connectivity index (χ0) is 24.7. The fourth-order valence-electron chi connectivity index (χ4n) is 4.00. The molecule has 2 rings (SSSR count). The molecule has 1 aliphatic carbocycles. The molecule has 0 bridgehead atoms. The molecule has 0 fully saturated rings. The molecule has 0 amide bonds. The largest absolute Gasteiger partial charge is 0.501 e. The number of nitrogens with zero attached hydrogens (tertiary/aromatic N) is 2. The van der Waals surface area contributed by atoms with Crippen molar-refractivity contribution in [2.24, 2.45) is 5.16 Å². The quantitative estimate of drug-likeness (QED) is 0.186. The molecule has 0 saturated carbocycles. The lowest BCUT2D eigenvalue weighted by atomic mass is 9.99. The number of rotatable bonds is 16. The van der Waals surface area contributed by atoms with E-state index in [0.717, 1.165) is 18.4 Å². The first-order chi connectivity index (χ1) is 16.5. The van der Waals surface area contributed by atoms with Gasteiger partial charge in [-0.2, -0.15) is 13.7 Å². The Bertz CT molecular complexity index is 1000. The fraction of sp³-hybridized carbons (Fsp3) is 0.556. The summed E-state index contributed by atoms with van der Waals surface area (Å²) >= 11 is 0. The first-order valence-electron chi connectivity index (χ1n) is 12.4. The summed E-state index contributed by atoms with van der Waals surface area (Å²) in [7, 11) is -2.54. The van der Waals surface area contributed by atoms with E-state index in [1.807, 2.05) is 12.1 Å². The smallest absolute Gasteiger partial charge is 0.358 e. The van der Waals surface area contributed by atoms with Crippen LogP contribution in [0, 0.1) is 11.3 Å². The van der Waals surface area contributed by atoms with E-state index in [9.17, 15) is 8.42 Å². The average Bonchev–Trinajstić information content (AvgIpc) is 2.85. The minimum absolute atomic E-state index is 0.116. The lowest BCUT2D eigenvalue weighted by Crippen LogP contribution is -2.13. The number of hydrogen-bond donors (Lipinski definition) is 0. The van der Waals surface area contributed by atoms with E-state index in [4.69, 9.17) is 14.3 Å². The van der Waals surface area contributed by atoms with E-state index in [1.54, 1.807) is 24.3 Å². The standard InChI is InChI=1S/C27H38N2O4S/c1-3-4-5-6-7-8-9-10-11-12-15-24-16-13-14-17-27(24)34(30,31)33-29-26-22-25(32-2)19-18-23(26)20-21-28/h13-14,16-19H,3-12,15,20,22H2,1-2H3. The molecule has 0 saturated heterocycles. The van der Waals surface area contributed by atoms with Crippen LogP contribution in [-0.2, 0) is 25.6 Å². The van der Waals surface area contributed by atoms with Crippen LogP contribution >= 0.6 is 0 Å². The molecule has 0 aliphatic heterocycles. The van der Waals surface area contributed by atoms with Crippen LogP contribution < -0.4 is 0 Å². The van der Waals surface area contributed by atoms with Crippen molar-refractivity contribution in [3.63, 3.8) is 0 Å². The number of oxime groups is 1. The summed E-state index contributed by atoms with van der Waals surface area (Å²) in [5.74, 6) is 0.628. The zero-order valence-electron chi connectivity index (χ0n) is 20.6. The Hall–Kier alpha value is -2.59. The molecule has 1 aliphatic rings. The summed E-state index contributed by atoms with van der Waals surface area (Å²) in [6.07, 6.45) is 16.9. The number of allylic oxidation sites excluding steroid dienone is 4. The number of hydrogen-bond acceptors (Lipinski definition) is 6. The van der Waals surface area contributed by atoms with Crippen molar-refractivity contribution in [2.75, 3.05) is 7.11 Å². The van der Waals surface area contributed by atoms with Crippen LogP contribution in [0.25, 0.3) is 0 Å². The third-order valence-corrected chi connectivity index (χ3v) is 7.21. The number of benzene rings is 1. The number of nitriles is 1. The van der Waals surface area contributed by atoms with Gasteiger partial charge in [-0.05, 0) is 36.1 Å². The van der Waals surface area contributed by atoms with Crippen LogP contribution in [0.15, 0.2) is 57.8 Å². The van der Waals surface area contributed by atoms with Crippen molar-refractivity contribution in [2.45, 2.75) is 95.3 Å². The van der Waals surface area contributed by atoms with Crippen molar-refractivity contribution in [1.29, 1.82) is 5.26 Å². The van der Waals surface area contributed by atoms with Crippen molar-refractivity contribution in [3.05, 3.63) is 53.3 Å². The van der Waals surface area contributed by atoms with Crippen LogP contribution in [0.4, 0.5) is 0 Å². The molecule has 186 valence electrons. The average molecular weight is 487 g/mol. The van der Waals surface area contributed by atoms with Gasteiger partial charge in [-0.3, -0.25) is 4.28 Å². The van der Waals surface area contributed by atoms with Gasteiger partial charge in [-0.1, -0.05) is 94.1 Å². The van der Waals surface area contributed by atoms with Crippen LogP contribution in [-0.4, -0.2) is 21.2 Å².